The lowest BCUT2D eigenvalue weighted by Gasteiger charge is -2.43. The second-order valence-corrected chi connectivity index (χ2v) is 7.35. The van der Waals surface area contributed by atoms with Crippen LogP contribution in [0, 0.1) is 11.7 Å². The summed E-state index contributed by atoms with van der Waals surface area (Å²) in [5, 5.41) is 3.24. The van der Waals surface area contributed by atoms with Gasteiger partial charge in [0.15, 0.2) is 0 Å². The van der Waals surface area contributed by atoms with Crippen molar-refractivity contribution < 1.29 is 31.8 Å². The molecule has 9 heteroatoms. The van der Waals surface area contributed by atoms with E-state index in [4.69, 9.17) is 9.47 Å². The Balaban J connectivity index is 1.77. The predicted octanol–water partition coefficient (Wildman–Crippen LogP) is 4.45. The van der Waals surface area contributed by atoms with E-state index in [1.165, 1.54) is 30.2 Å². The normalized spacial score (nSPS) is 21.8. The summed E-state index contributed by atoms with van der Waals surface area (Å²) in [6.45, 7) is 1.65. The molecule has 2 aliphatic rings. The molecule has 0 aliphatic carbocycles. The van der Waals surface area contributed by atoms with Gasteiger partial charge in [-0.1, -0.05) is 12.1 Å². The summed E-state index contributed by atoms with van der Waals surface area (Å²) < 4.78 is 64.9. The van der Waals surface area contributed by atoms with Crippen LogP contribution in [-0.4, -0.2) is 38.9 Å². The number of nitrogens with one attached hydrogen (secondary N) is 1. The second kappa shape index (κ2) is 7.79. The zero-order chi connectivity index (χ0) is 21.5. The Bertz CT molecular complexity index is 964. The highest BCUT2D eigenvalue weighted by Gasteiger charge is 2.41. The lowest BCUT2D eigenvalue weighted by molar-refractivity contribution is -0.137. The molecule has 0 saturated carbocycles. The Labute approximate surface area is 170 Å². The number of nitrogens with zero attached hydrogens (tertiary/aromatic N) is 1. The fourth-order valence-electron chi connectivity index (χ4n) is 4.06. The molecule has 1 N–H and O–H groups in total. The first-order valence-electron chi connectivity index (χ1n) is 9.51. The fourth-order valence-corrected chi connectivity index (χ4v) is 4.06. The number of cyclic esters (lactones) is 1. The largest absolute Gasteiger partial charge is 0.495 e. The number of amides is 1. The van der Waals surface area contributed by atoms with Crippen molar-refractivity contribution in [2.75, 3.05) is 31.7 Å². The lowest BCUT2D eigenvalue weighted by Crippen LogP contribution is -2.57. The second-order valence-electron chi connectivity index (χ2n) is 7.35. The monoisotopic (exact) mass is 424 g/mol. The van der Waals surface area contributed by atoms with Gasteiger partial charge in [-0.05, 0) is 36.7 Å². The van der Waals surface area contributed by atoms with Crippen LogP contribution >= 0.6 is 0 Å². The number of alkyl halides is 3. The zero-order valence-corrected chi connectivity index (χ0v) is 16.1. The number of hydrogen-bond donors (Lipinski definition) is 1. The molecule has 2 saturated heterocycles. The first-order chi connectivity index (χ1) is 14.3. The Morgan fingerprint density at radius 2 is 2.03 bits per heavy atom. The van der Waals surface area contributed by atoms with Gasteiger partial charge >= 0.3 is 12.3 Å². The van der Waals surface area contributed by atoms with E-state index in [0.29, 0.717) is 19.5 Å². The number of carbonyl (C=O) groups is 1. The van der Waals surface area contributed by atoms with Crippen LogP contribution < -0.4 is 15.0 Å². The molecule has 1 amide bonds. The van der Waals surface area contributed by atoms with Gasteiger partial charge < -0.3 is 14.8 Å². The summed E-state index contributed by atoms with van der Waals surface area (Å²) in [5.41, 5.74) is -0.658. The average Bonchev–Trinajstić information content (AvgIpc) is 2.73. The van der Waals surface area contributed by atoms with Crippen LogP contribution in [0.25, 0.3) is 11.1 Å². The van der Waals surface area contributed by atoms with Crippen LogP contribution in [-0.2, 0) is 10.9 Å². The van der Waals surface area contributed by atoms with E-state index in [0.717, 1.165) is 18.2 Å². The number of halogens is 4. The first-order valence-corrected chi connectivity index (χ1v) is 9.51. The molecule has 2 atom stereocenters. The zero-order valence-electron chi connectivity index (χ0n) is 16.1. The van der Waals surface area contributed by atoms with Crippen LogP contribution in [0.4, 0.5) is 28.0 Å². The van der Waals surface area contributed by atoms with Gasteiger partial charge in [0, 0.05) is 30.1 Å². The van der Waals surface area contributed by atoms with E-state index in [1.807, 2.05) is 0 Å². The third-order valence-electron chi connectivity index (χ3n) is 5.55. The van der Waals surface area contributed by atoms with Gasteiger partial charge in [-0.2, -0.15) is 13.2 Å². The molecule has 5 nitrogen and oxygen atoms in total. The molecule has 0 spiro atoms. The third kappa shape index (κ3) is 3.69. The number of fused-ring (bicyclic) bond motifs is 1. The molecule has 0 radical (unpaired) electrons. The number of rotatable bonds is 3. The lowest BCUT2D eigenvalue weighted by atomic mass is 9.91. The molecule has 2 aliphatic heterocycles. The van der Waals surface area contributed by atoms with E-state index >= 15 is 4.39 Å². The van der Waals surface area contributed by atoms with Gasteiger partial charge in [0.05, 0.1) is 25.0 Å². The fraction of sp³-hybridized carbons (Fsp3) is 0.381. The van der Waals surface area contributed by atoms with Gasteiger partial charge in [0.25, 0.3) is 0 Å². The molecule has 0 aromatic heterocycles. The minimum atomic E-state index is -4.54. The Morgan fingerprint density at radius 1 is 1.23 bits per heavy atom. The van der Waals surface area contributed by atoms with E-state index in [1.54, 1.807) is 0 Å². The molecule has 0 bridgehead atoms. The summed E-state index contributed by atoms with van der Waals surface area (Å²) in [7, 11) is 1.36. The molecule has 2 aromatic carbocycles. The van der Waals surface area contributed by atoms with Crippen molar-refractivity contribution in [1.29, 1.82) is 0 Å². The SMILES string of the molecule is COc1cc(-c2cccc(C(F)(F)F)c2)c(F)cc1N1C(=O)OC[C@@H]2CNCC[C@H]21. The maximum absolute atomic E-state index is 15.1. The smallest absolute Gasteiger partial charge is 0.416 e. The van der Waals surface area contributed by atoms with Crippen molar-refractivity contribution >= 4 is 11.8 Å². The van der Waals surface area contributed by atoms with E-state index in [-0.39, 0.29) is 41.1 Å². The first kappa shape index (κ1) is 20.5. The molecule has 4 rings (SSSR count). The molecular weight excluding hydrogens is 404 g/mol. The number of methoxy groups -OCH3 is 1. The number of ether oxygens (including phenoxy) is 2. The summed E-state index contributed by atoms with van der Waals surface area (Å²) >= 11 is 0. The summed E-state index contributed by atoms with van der Waals surface area (Å²) in [6, 6.07) is 6.69. The predicted molar refractivity (Wildman–Crippen MR) is 102 cm³/mol. The average molecular weight is 424 g/mol. The van der Waals surface area contributed by atoms with E-state index in [9.17, 15) is 18.0 Å². The molecule has 30 heavy (non-hydrogen) atoms. The van der Waals surface area contributed by atoms with Crippen molar-refractivity contribution in [3.05, 3.63) is 47.8 Å². The van der Waals surface area contributed by atoms with Crippen molar-refractivity contribution in [3.63, 3.8) is 0 Å². The Morgan fingerprint density at radius 3 is 2.77 bits per heavy atom. The van der Waals surface area contributed by atoms with Crippen LogP contribution in [0.1, 0.15) is 12.0 Å². The number of carbonyl (C=O) groups excluding carboxylic acids is 1. The quantitative estimate of drug-likeness (QED) is 0.740. The standard InChI is InChI=1S/C21H20F4N2O3/c1-29-19-8-15(12-3-2-4-14(7-12)21(23,24)25)16(22)9-18(19)27-17-5-6-26-10-13(17)11-30-20(27)28/h2-4,7-9,13,17,26H,5-6,10-11H2,1H3/t13-,17+/m0/s1. The van der Waals surface area contributed by atoms with Crippen molar-refractivity contribution in [1.82, 2.24) is 5.32 Å². The Hall–Kier alpha value is -2.81. The van der Waals surface area contributed by atoms with Gasteiger partial charge in [0.2, 0.25) is 0 Å². The van der Waals surface area contributed by atoms with E-state index in [2.05, 4.69) is 5.32 Å². The third-order valence-corrected chi connectivity index (χ3v) is 5.55. The minimum Gasteiger partial charge on any atom is -0.495 e. The number of piperidine rings is 1. The maximum atomic E-state index is 15.1. The highest BCUT2D eigenvalue weighted by Crippen LogP contribution is 2.41. The molecule has 2 fully saturated rings. The highest BCUT2D eigenvalue weighted by molar-refractivity contribution is 5.92. The van der Waals surface area contributed by atoms with Gasteiger partial charge in [-0.25, -0.2) is 9.18 Å². The Kier molecular flexibility index (Phi) is 5.31. The number of benzene rings is 2. The highest BCUT2D eigenvalue weighted by atomic mass is 19.4. The summed E-state index contributed by atoms with van der Waals surface area (Å²) in [5.74, 6) is -0.527. The number of hydrogen-bond acceptors (Lipinski definition) is 4. The maximum Gasteiger partial charge on any atom is 0.416 e. The van der Waals surface area contributed by atoms with Crippen molar-refractivity contribution in [2.24, 2.45) is 5.92 Å². The topological polar surface area (TPSA) is 50.8 Å². The van der Waals surface area contributed by atoms with Crippen molar-refractivity contribution in [2.45, 2.75) is 18.6 Å². The van der Waals surface area contributed by atoms with Crippen LogP contribution in [0.3, 0.4) is 0 Å². The summed E-state index contributed by atoms with van der Waals surface area (Å²) in [4.78, 5) is 13.9. The van der Waals surface area contributed by atoms with Gasteiger partial charge in [0.1, 0.15) is 11.6 Å². The van der Waals surface area contributed by atoms with E-state index < -0.39 is 23.7 Å². The molecule has 2 heterocycles. The van der Waals surface area contributed by atoms with Crippen LogP contribution in [0.15, 0.2) is 36.4 Å². The molecule has 0 unspecified atom stereocenters. The van der Waals surface area contributed by atoms with Gasteiger partial charge in [-0.15, -0.1) is 0 Å². The number of anilines is 1. The molecule has 2 aromatic rings. The van der Waals surface area contributed by atoms with Crippen molar-refractivity contribution in [3.8, 4) is 16.9 Å². The van der Waals surface area contributed by atoms with Crippen LogP contribution in [0.5, 0.6) is 5.75 Å². The molecular formula is C21H20F4N2O3. The molecule has 160 valence electrons. The minimum absolute atomic E-state index is 0.0473. The van der Waals surface area contributed by atoms with Crippen LogP contribution in [0.2, 0.25) is 0 Å². The summed E-state index contributed by atoms with van der Waals surface area (Å²) in [6.07, 6.45) is -4.47. The van der Waals surface area contributed by atoms with Gasteiger partial charge in [-0.3, -0.25) is 4.90 Å².